The van der Waals surface area contributed by atoms with Crippen LogP contribution in [0.15, 0.2) is 21.5 Å². The van der Waals surface area contributed by atoms with E-state index < -0.39 is 10.8 Å². The second-order valence-electron chi connectivity index (χ2n) is 4.53. The molecular formula is C13H12N6O3. The van der Waals surface area contributed by atoms with Gasteiger partial charge >= 0.3 is 5.88 Å². The molecule has 22 heavy (non-hydrogen) atoms. The minimum atomic E-state index is -0.658. The van der Waals surface area contributed by atoms with Crippen LogP contribution >= 0.6 is 0 Å². The fourth-order valence-corrected chi connectivity index (χ4v) is 1.66. The number of nitrogens with zero attached hydrogens (tertiary/aromatic N) is 6. The summed E-state index contributed by atoms with van der Waals surface area (Å²) in [7, 11) is 3.56. The first-order valence-electron chi connectivity index (χ1n) is 6.16. The zero-order valence-electron chi connectivity index (χ0n) is 12.1. The van der Waals surface area contributed by atoms with Crippen molar-refractivity contribution in [2.45, 2.75) is 6.92 Å². The topological polar surface area (TPSA) is 121 Å². The van der Waals surface area contributed by atoms with Gasteiger partial charge in [-0.25, -0.2) is 15.0 Å². The van der Waals surface area contributed by atoms with Crippen LogP contribution in [0, 0.1) is 28.4 Å². The molecule has 2 heterocycles. The molecule has 0 amide bonds. The molecular weight excluding hydrogens is 288 g/mol. The molecule has 9 nitrogen and oxygen atoms in total. The summed E-state index contributed by atoms with van der Waals surface area (Å²) in [6, 6.07) is 4.56. The number of aryl methyl sites for hydroxylation is 1. The van der Waals surface area contributed by atoms with E-state index in [0.717, 1.165) is 0 Å². The van der Waals surface area contributed by atoms with Gasteiger partial charge in [-0.2, -0.15) is 5.26 Å². The average molecular weight is 300 g/mol. The summed E-state index contributed by atoms with van der Waals surface area (Å²) >= 11 is 0. The first kappa shape index (κ1) is 15.1. The Labute approximate surface area is 125 Å². The number of furan rings is 1. The number of nitro groups is 1. The summed E-state index contributed by atoms with van der Waals surface area (Å²) in [5.74, 6) is 0.250. The van der Waals surface area contributed by atoms with Gasteiger partial charge in [-0.1, -0.05) is 0 Å². The molecule has 0 bridgehead atoms. The molecule has 112 valence electrons. The van der Waals surface area contributed by atoms with Gasteiger partial charge in [0.25, 0.3) is 0 Å². The average Bonchev–Trinajstić information content (AvgIpc) is 2.94. The molecule has 0 N–H and O–H groups in total. The molecule has 0 saturated heterocycles. The van der Waals surface area contributed by atoms with E-state index in [2.05, 4.69) is 15.0 Å². The Hall–Kier alpha value is -3.28. The van der Waals surface area contributed by atoms with Gasteiger partial charge in [-0.3, -0.25) is 10.1 Å². The molecule has 0 aromatic carbocycles. The molecule has 2 aromatic rings. The maximum absolute atomic E-state index is 10.7. The molecule has 0 aliphatic carbocycles. The number of nitriles is 1. The van der Waals surface area contributed by atoms with E-state index in [1.54, 1.807) is 25.9 Å². The highest BCUT2D eigenvalue weighted by atomic mass is 16.6. The first-order chi connectivity index (χ1) is 10.4. The summed E-state index contributed by atoms with van der Waals surface area (Å²) in [4.78, 5) is 24.1. The Kier molecular flexibility index (Phi) is 4.13. The van der Waals surface area contributed by atoms with Crippen LogP contribution in [-0.4, -0.2) is 40.2 Å². The highest BCUT2D eigenvalue weighted by Crippen LogP contribution is 2.30. The Bertz CT molecular complexity index is 788. The van der Waals surface area contributed by atoms with E-state index in [1.165, 1.54) is 18.5 Å². The lowest BCUT2D eigenvalue weighted by molar-refractivity contribution is -0.401. The highest BCUT2D eigenvalue weighted by Gasteiger charge is 2.20. The molecule has 0 aliphatic heterocycles. The molecule has 2 rings (SSSR count). The lowest BCUT2D eigenvalue weighted by Crippen LogP contribution is -2.07. The fourth-order valence-electron chi connectivity index (χ4n) is 1.66. The van der Waals surface area contributed by atoms with Gasteiger partial charge in [0.1, 0.15) is 28.1 Å². The van der Waals surface area contributed by atoms with Crippen molar-refractivity contribution in [3.05, 3.63) is 33.6 Å². The van der Waals surface area contributed by atoms with E-state index in [9.17, 15) is 15.4 Å². The van der Waals surface area contributed by atoms with Gasteiger partial charge < -0.3 is 9.32 Å². The third-order valence-electron chi connectivity index (χ3n) is 2.53. The Morgan fingerprint density at radius 1 is 1.45 bits per heavy atom. The maximum Gasteiger partial charge on any atom is 0.433 e. The number of aliphatic imine (C=N–C) groups is 1. The molecule has 0 spiro atoms. The molecule has 2 aromatic heterocycles. The van der Waals surface area contributed by atoms with Crippen LogP contribution in [0.25, 0.3) is 11.5 Å². The van der Waals surface area contributed by atoms with Crippen molar-refractivity contribution < 1.29 is 9.34 Å². The molecule has 9 heteroatoms. The largest absolute Gasteiger partial charge is 0.433 e. The van der Waals surface area contributed by atoms with Crippen molar-refractivity contribution in [2.75, 3.05) is 14.1 Å². The van der Waals surface area contributed by atoms with Crippen molar-refractivity contribution in [2.24, 2.45) is 4.99 Å². The first-order valence-corrected chi connectivity index (χ1v) is 6.16. The van der Waals surface area contributed by atoms with Crippen molar-refractivity contribution in [3.63, 3.8) is 0 Å². The molecule has 0 atom stereocenters. The van der Waals surface area contributed by atoms with Crippen molar-refractivity contribution in [1.82, 2.24) is 14.9 Å². The summed E-state index contributed by atoms with van der Waals surface area (Å²) in [6.45, 7) is 1.64. The fraction of sp³-hybridized carbons (Fsp3) is 0.231. The predicted octanol–water partition coefficient (Wildman–Crippen LogP) is 2.05. The van der Waals surface area contributed by atoms with Crippen LogP contribution < -0.4 is 0 Å². The second-order valence-corrected chi connectivity index (χ2v) is 4.53. The van der Waals surface area contributed by atoms with E-state index >= 15 is 0 Å². The Morgan fingerprint density at radius 2 is 2.18 bits per heavy atom. The van der Waals surface area contributed by atoms with Crippen LogP contribution in [0.4, 0.5) is 11.7 Å². The highest BCUT2D eigenvalue weighted by molar-refractivity contribution is 5.71. The number of aromatic nitrogens is 2. The Balaban J connectivity index is 2.60. The van der Waals surface area contributed by atoms with Crippen LogP contribution in [0.3, 0.4) is 0 Å². The standard InChI is InChI=1S/C13H12N6O3/c1-8-16-12(10-4-5-11(22-10)19(20)21)9(6-14)13(17-8)15-7-18(2)3/h4-5,7H,1-3H3. The van der Waals surface area contributed by atoms with Crippen LogP contribution in [0.1, 0.15) is 11.4 Å². The van der Waals surface area contributed by atoms with Crippen LogP contribution in [-0.2, 0) is 0 Å². The monoisotopic (exact) mass is 300 g/mol. The minimum Gasteiger partial charge on any atom is -0.399 e. The van der Waals surface area contributed by atoms with Gasteiger partial charge in [0, 0.05) is 14.1 Å². The lowest BCUT2D eigenvalue weighted by Gasteiger charge is -2.06. The quantitative estimate of drug-likeness (QED) is 0.366. The molecule has 0 saturated carbocycles. The van der Waals surface area contributed by atoms with Crippen molar-refractivity contribution in [1.29, 1.82) is 5.26 Å². The molecule has 0 aliphatic rings. The van der Waals surface area contributed by atoms with E-state index in [4.69, 9.17) is 4.42 Å². The second kappa shape index (κ2) is 6.01. The smallest absolute Gasteiger partial charge is 0.399 e. The minimum absolute atomic E-state index is 0.0907. The van der Waals surface area contributed by atoms with Gasteiger partial charge in [-0.05, 0) is 13.0 Å². The lowest BCUT2D eigenvalue weighted by atomic mass is 10.2. The molecule has 0 radical (unpaired) electrons. The number of hydrogen-bond donors (Lipinski definition) is 0. The molecule has 0 unspecified atom stereocenters. The zero-order chi connectivity index (χ0) is 16.3. The van der Waals surface area contributed by atoms with Crippen LogP contribution in [0.2, 0.25) is 0 Å². The number of hydrogen-bond acceptors (Lipinski definition) is 7. The van der Waals surface area contributed by atoms with Crippen LogP contribution in [0.5, 0.6) is 0 Å². The van der Waals surface area contributed by atoms with Gasteiger partial charge in [0.2, 0.25) is 0 Å². The zero-order valence-corrected chi connectivity index (χ0v) is 12.1. The summed E-state index contributed by atoms with van der Waals surface area (Å²) in [5.41, 5.74) is 0.266. The van der Waals surface area contributed by atoms with E-state index in [1.807, 2.05) is 6.07 Å². The van der Waals surface area contributed by atoms with Gasteiger partial charge in [0.15, 0.2) is 11.6 Å². The summed E-state index contributed by atoms with van der Waals surface area (Å²) in [5, 5.41) is 20.0. The normalized spacial score (nSPS) is 10.6. The van der Waals surface area contributed by atoms with Crippen molar-refractivity contribution >= 4 is 18.0 Å². The van der Waals surface area contributed by atoms with Gasteiger partial charge in [-0.15, -0.1) is 0 Å². The summed E-state index contributed by atoms with van der Waals surface area (Å²) < 4.78 is 5.11. The summed E-state index contributed by atoms with van der Waals surface area (Å²) in [6.07, 6.45) is 1.50. The van der Waals surface area contributed by atoms with Gasteiger partial charge in [0.05, 0.1) is 12.4 Å². The number of rotatable bonds is 4. The predicted molar refractivity (Wildman–Crippen MR) is 77.7 cm³/mol. The van der Waals surface area contributed by atoms with Crippen molar-refractivity contribution in [3.8, 4) is 17.5 Å². The van der Waals surface area contributed by atoms with E-state index in [-0.39, 0.29) is 22.8 Å². The third kappa shape index (κ3) is 3.06. The third-order valence-corrected chi connectivity index (χ3v) is 2.53. The molecule has 0 fully saturated rings. The maximum atomic E-state index is 10.7. The Morgan fingerprint density at radius 3 is 2.73 bits per heavy atom. The van der Waals surface area contributed by atoms with E-state index in [0.29, 0.717) is 5.82 Å². The SMILES string of the molecule is Cc1nc(N=CN(C)C)c(C#N)c(-c2ccc([N+](=O)[O-])o2)n1.